The van der Waals surface area contributed by atoms with Crippen LogP contribution in [0.3, 0.4) is 0 Å². The smallest absolute Gasteiger partial charge is 0.320 e. The van der Waals surface area contributed by atoms with E-state index >= 15 is 0 Å². The van der Waals surface area contributed by atoms with Crippen molar-refractivity contribution >= 4 is 40.8 Å². The summed E-state index contributed by atoms with van der Waals surface area (Å²) in [7, 11) is 0. The van der Waals surface area contributed by atoms with Crippen LogP contribution < -0.4 is 16.4 Å². The predicted octanol–water partition coefficient (Wildman–Crippen LogP) is 3.17. The molecule has 8 heteroatoms. The van der Waals surface area contributed by atoms with E-state index in [1.165, 1.54) is 0 Å². The number of urea groups is 1. The number of halogens is 2. The van der Waals surface area contributed by atoms with E-state index in [-0.39, 0.29) is 5.84 Å². The van der Waals surface area contributed by atoms with Gasteiger partial charge in [-0.2, -0.15) is 0 Å². The van der Waals surface area contributed by atoms with Gasteiger partial charge >= 0.3 is 6.03 Å². The van der Waals surface area contributed by atoms with Crippen molar-refractivity contribution in [3.63, 3.8) is 0 Å². The number of anilines is 1. The monoisotopic (exact) mass is 330 g/mol. The molecule has 0 aliphatic heterocycles. The first-order valence-electron chi connectivity index (χ1n) is 6.49. The van der Waals surface area contributed by atoms with Gasteiger partial charge in [-0.1, -0.05) is 41.2 Å². The van der Waals surface area contributed by atoms with Crippen LogP contribution in [0, 0.1) is 0 Å². The number of carbonyl (C=O) groups excluding carboxylic acids is 1. The largest absolute Gasteiger partial charge is 0.409 e. The van der Waals surface area contributed by atoms with E-state index in [1.54, 1.807) is 18.2 Å². The summed E-state index contributed by atoms with van der Waals surface area (Å²) >= 11 is 11.9. The maximum Gasteiger partial charge on any atom is 0.320 e. The van der Waals surface area contributed by atoms with E-state index in [0.29, 0.717) is 28.6 Å². The van der Waals surface area contributed by atoms with Crippen LogP contribution in [0.4, 0.5) is 10.5 Å². The number of nitrogens with one attached hydrogen (secondary N) is 2. The second-order valence-electron chi connectivity index (χ2n) is 4.98. The maximum absolute atomic E-state index is 12.1. The average Bonchev–Trinajstić information content (AvgIpc) is 2.91. The number of carbonyl (C=O) groups is 1. The molecule has 0 heterocycles. The molecule has 1 aliphatic carbocycles. The first kappa shape index (κ1) is 15.7. The molecule has 1 aromatic carbocycles. The molecule has 0 saturated heterocycles. The van der Waals surface area contributed by atoms with Gasteiger partial charge in [-0.15, -0.1) is 0 Å². The SMILES string of the molecule is N/C(=N/O)C1(NC(=O)Nc2cc(Cl)ccc2Cl)CCCC1. The maximum atomic E-state index is 12.1. The molecule has 21 heavy (non-hydrogen) atoms. The van der Waals surface area contributed by atoms with Gasteiger partial charge in [-0.3, -0.25) is 0 Å². The number of hydrogen-bond donors (Lipinski definition) is 4. The number of oxime groups is 1. The van der Waals surface area contributed by atoms with Crippen molar-refractivity contribution in [2.24, 2.45) is 10.9 Å². The van der Waals surface area contributed by atoms with Crippen molar-refractivity contribution in [2.75, 3.05) is 5.32 Å². The molecule has 0 aromatic heterocycles. The van der Waals surface area contributed by atoms with E-state index in [4.69, 9.17) is 34.1 Å². The van der Waals surface area contributed by atoms with E-state index in [1.807, 2.05) is 0 Å². The van der Waals surface area contributed by atoms with Gasteiger partial charge in [0.05, 0.1) is 10.7 Å². The highest BCUT2D eigenvalue weighted by molar-refractivity contribution is 6.35. The highest BCUT2D eigenvalue weighted by Crippen LogP contribution is 2.30. The number of hydrogen-bond acceptors (Lipinski definition) is 3. The Bertz CT molecular complexity index is 571. The number of amides is 2. The third-order valence-corrected chi connectivity index (χ3v) is 4.15. The highest BCUT2D eigenvalue weighted by Gasteiger charge is 2.39. The van der Waals surface area contributed by atoms with Crippen molar-refractivity contribution < 1.29 is 10.0 Å². The number of nitrogens with zero attached hydrogens (tertiary/aromatic N) is 1. The summed E-state index contributed by atoms with van der Waals surface area (Å²) in [5, 5.41) is 18.2. The summed E-state index contributed by atoms with van der Waals surface area (Å²) in [4.78, 5) is 12.1. The Morgan fingerprint density at radius 3 is 2.62 bits per heavy atom. The van der Waals surface area contributed by atoms with E-state index in [2.05, 4.69) is 15.8 Å². The zero-order chi connectivity index (χ0) is 15.5. The summed E-state index contributed by atoms with van der Waals surface area (Å²) in [6, 6.07) is 4.29. The lowest BCUT2D eigenvalue weighted by molar-refractivity contribution is 0.243. The molecule has 0 bridgehead atoms. The normalized spacial score (nSPS) is 17.5. The summed E-state index contributed by atoms with van der Waals surface area (Å²) in [6.45, 7) is 0. The Morgan fingerprint density at radius 2 is 2.00 bits per heavy atom. The molecule has 1 fully saturated rings. The van der Waals surface area contributed by atoms with Crippen molar-refractivity contribution in [1.82, 2.24) is 5.32 Å². The highest BCUT2D eigenvalue weighted by atomic mass is 35.5. The van der Waals surface area contributed by atoms with Gasteiger partial charge in [0.15, 0.2) is 5.84 Å². The van der Waals surface area contributed by atoms with E-state index < -0.39 is 11.6 Å². The number of amidine groups is 1. The minimum absolute atomic E-state index is 0.00680. The summed E-state index contributed by atoms with van der Waals surface area (Å²) in [5.74, 6) is 0.00680. The van der Waals surface area contributed by atoms with Crippen LogP contribution >= 0.6 is 23.2 Å². The van der Waals surface area contributed by atoms with Crippen LogP contribution in [0.1, 0.15) is 25.7 Å². The van der Waals surface area contributed by atoms with E-state index in [9.17, 15) is 4.79 Å². The van der Waals surface area contributed by atoms with Crippen molar-refractivity contribution in [1.29, 1.82) is 0 Å². The summed E-state index contributed by atoms with van der Waals surface area (Å²) in [6.07, 6.45) is 3.04. The second-order valence-corrected chi connectivity index (χ2v) is 5.82. The molecule has 1 aliphatic rings. The molecule has 6 nitrogen and oxygen atoms in total. The second kappa shape index (κ2) is 6.41. The molecule has 0 spiro atoms. The summed E-state index contributed by atoms with van der Waals surface area (Å²) < 4.78 is 0. The molecule has 1 saturated carbocycles. The Labute approximate surface area is 132 Å². The fourth-order valence-corrected chi connectivity index (χ4v) is 2.82. The lowest BCUT2D eigenvalue weighted by atomic mass is 9.96. The average molecular weight is 331 g/mol. The van der Waals surface area contributed by atoms with Crippen LogP contribution in [0.2, 0.25) is 10.0 Å². The van der Waals surface area contributed by atoms with Crippen molar-refractivity contribution in [2.45, 2.75) is 31.2 Å². The van der Waals surface area contributed by atoms with Gasteiger partial charge in [0, 0.05) is 5.02 Å². The van der Waals surface area contributed by atoms with Gasteiger partial charge in [0.1, 0.15) is 5.54 Å². The molecule has 2 amide bonds. The molecular formula is C13H16Cl2N4O2. The minimum atomic E-state index is -0.816. The zero-order valence-corrected chi connectivity index (χ0v) is 12.7. The first-order valence-corrected chi connectivity index (χ1v) is 7.25. The molecule has 1 aromatic rings. The first-order chi connectivity index (χ1) is 9.97. The topological polar surface area (TPSA) is 99.7 Å². The molecular weight excluding hydrogens is 315 g/mol. The van der Waals surface area contributed by atoms with E-state index in [0.717, 1.165) is 12.8 Å². The third kappa shape index (κ3) is 3.51. The van der Waals surface area contributed by atoms with Crippen LogP contribution in [0.25, 0.3) is 0 Å². The fraction of sp³-hybridized carbons (Fsp3) is 0.385. The Morgan fingerprint density at radius 1 is 1.33 bits per heavy atom. The van der Waals surface area contributed by atoms with Crippen LogP contribution in [0.5, 0.6) is 0 Å². The number of nitrogens with two attached hydrogens (primary N) is 1. The van der Waals surface area contributed by atoms with Crippen molar-refractivity contribution in [3.8, 4) is 0 Å². The standard InChI is InChI=1S/C13H16Cl2N4O2/c14-8-3-4-9(15)10(7-8)17-12(20)18-13(11(16)19-21)5-1-2-6-13/h3-4,7,21H,1-2,5-6H2,(H2,16,19)(H2,17,18,20). The molecule has 114 valence electrons. The number of rotatable bonds is 3. The molecule has 5 N–H and O–H groups in total. The third-order valence-electron chi connectivity index (χ3n) is 3.58. The van der Waals surface area contributed by atoms with Crippen LogP contribution in [-0.4, -0.2) is 22.6 Å². The Kier molecular flexibility index (Phi) is 4.80. The molecule has 2 rings (SSSR count). The van der Waals surface area contributed by atoms with Gasteiger partial charge in [-0.25, -0.2) is 4.79 Å². The fourth-order valence-electron chi connectivity index (χ4n) is 2.48. The van der Waals surface area contributed by atoms with Gasteiger partial charge in [0.25, 0.3) is 0 Å². The minimum Gasteiger partial charge on any atom is -0.409 e. The van der Waals surface area contributed by atoms with Gasteiger partial charge in [0.2, 0.25) is 0 Å². The van der Waals surface area contributed by atoms with Crippen LogP contribution in [0.15, 0.2) is 23.4 Å². The lowest BCUT2D eigenvalue weighted by Gasteiger charge is -2.28. The van der Waals surface area contributed by atoms with Gasteiger partial charge in [-0.05, 0) is 31.0 Å². The Balaban J connectivity index is 2.12. The van der Waals surface area contributed by atoms with Gasteiger partial charge < -0.3 is 21.6 Å². The predicted molar refractivity (Wildman–Crippen MR) is 83.2 cm³/mol. The van der Waals surface area contributed by atoms with Crippen LogP contribution in [-0.2, 0) is 0 Å². The number of benzene rings is 1. The summed E-state index contributed by atoms with van der Waals surface area (Å²) in [5.41, 5.74) is 5.30. The van der Waals surface area contributed by atoms with Crippen molar-refractivity contribution in [3.05, 3.63) is 28.2 Å². The zero-order valence-electron chi connectivity index (χ0n) is 11.2. The Hall–Kier alpha value is -1.66. The molecule has 0 radical (unpaired) electrons. The lowest BCUT2D eigenvalue weighted by Crippen LogP contribution is -2.56. The quantitative estimate of drug-likeness (QED) is 0.296. The molecule has 0 atom stereocenters. The molecule has 0 unspecified atom stereocenters.